The fraction of sp³-hybridized carbons (Fsp3) is 0.286. The molecule has 0 aliphatic carbocycles. The SMILES string of the molecule is CCS(=O)(=O)N(CC(=O)N(Cc1ccccc1F)[C@@H](Cc1ccccc1)C(=O)NC)c1ccc2c(c1)OCO2. The molecule has 0 spiro atoms. The number of carbonyl (C=O) groups excluding carboxylic acids is 2. The summed E-state index contributed by atoms with van der Waals surface area (Å²) in [5.41, 5.74) is 1.19. The van der Waals surface area contributed by atoms with E-state index in [2.05, 4.69) is 5.32 Å². The molecule has 1 heterocycles. The number of likely N-dealkylation sites (N-methyl/N-ethyl adjacent to an activating group) is 1. The number of ether oxygens (including phenoxy) is 2. The van der Waals surface area contributed by atoms with Crippen LogP contribution in [0.4, 0.5) is 10.1 Å². The van der Waals surface area contributed by atoms with Gasteiger partial charge in [-0.1, -0.05) is 48.5 Å². The molecule has 4 rings (SSSR count). The van der Waals surface area contributed by atoms with E-state index in [1.807, 2.05) is 30.3 Å². The highest BCUT2D eigenvalue weighted by Gasteiger charge is 2.34. The minimum absolute atomic E-state index is 0.00194. The average molecular weight is 556 g/mol. The van der Waals surface area contributed by atoms with Gasteiger partial charge in [0, 0.05) is 31.6 Å². The zero-order valence-electron chi connectivity index (χ0n) is 21.7. The molecule has 1 aliphatic heterocycles. The zero-order chi connectivity index (χ0) is 28.0. The van der Waals surface area contributed by atoms with Crippen LogP contribution in [0.3, 0.4) is 0 Å². The smallest absolute Gasteiger partial charge is 0.244 e. The molecule has 2 amide bonds. The van der Waals surface area contributed by atoms with E-state index in [4.69, 9.17) is 9.47 Å². The van der Waals surface area contributed by atoms with Crippen molar-refractivity contribution >= 4 is 27.5 Å². The minimum Gasteiger partial charge on any atom is -0.454 e. The van der Waals surface area contributed by atoms with Gasteiger partial charge in [-0.05, 0) is 30.7 Å². The molecule has 1 aliphatic rings. The van der Waals surface area contributed by atoms with Gasteiger partial charge in [-0.15, -0.1) is 0 Å². The van der Waals surface area contributed by atoms with Crippen LogP contribution in [0.15, 0.2) is 72.8 Å². The molecule has 0 saturated heterocycles. The highest BCUT2D eigenvalue weighted by Crippen LogP contribution is 2.36. The Bertz CT molecular complexity index is 1430. The molecule has 0 bridgehead atoms. The summed E-state index contributed by atoms with van der Waals surface area (Å²) in [6, 6.07) is 18.6. The van der Waals surface area contributed by atoms with Gasteiger partial charge in [0.15, 0.2) is 11.5 Å². The van der Waals surface area contributed by atoms with Gasteiger partial charge in [0.2, 0.25) is 28.6 Å². The van der Waals surface area contributed by atoms with E-state index in [0.29, 0.717) is 11.5 Å². The molecular weight excluding hydrogens is 525 g/mol. The van der Waals surface area contributed by atoms with E-state index < -0.39 is 40.2 Å². The molecule has 0 saturated carbocycles. The van der Waals surface area contributed by atoms with Crippen molar-refractivity contribution in [2.75, 3.05) is 30.4 Å². The molecule has 3 aromatic rings. The summed E-state index contributed by atoms with van der Waals surface area (Å²) in [6.07, 6.45) is 0.144. The summed E-state index contributed by atoms with van der Waals surface area (Å²) in [4.78, 5) is 28.3. The fourth-order valence-corrected chi connectivity index (χ4v) is 5.34. The zero-order valence-corrected chi connectivity index (χ0v) is 22.5. The Morgan fingerprint density at radius 2 is 1.69 bits per heavy atom. The molecule has 1 N–H and O–H groups in total. The number of nitrogens with one attached hydrogen (secondary N) is 1. The first kappa shape index (κ1) is 27.9. The van der Waals surface area contributed by atoms with E-state index in [9.17, 15) is 22.4 Å². The lowest BCUT2D eigenvalue weighted by atomic mass is 10.0. The summed E-state index contributed by atoms with van der Waals surface area (Å²) >= 11 is 0. The van der Waals surface area contributed by atoms with Crippen molar-refractivity contribution in [3.63, 3.8) is 0 Å². The average Bonchev–Trinajstić information content (AvgIpc) is 3.42. The lowest BCUT2D eigenvalue weighted by molar-refractivity contribution is -0.139. The third kappa shape index (κ3) is 6.48. The van der Waals surface area contributed by atoms with E-state index in [1.54, 1.807) is 12.1 Å². The van der Waals surface area contributed by atoms with Gasteiger partial charge < -0.3 is 19.7 Å². The van der Waals surface area contributed by atoms with Gasteiger partial charge in [-0.2, -0.15) is 0 Å². The number of halogens is 1. The van der Waals surface area contributed by atoms with Crippen LogP contribution >= 0.6 is 0 Å². The third-order valence-electron chi connectivity index (χ3n) is 6.44. The van der Waals surface area contributed by atoms with Gasteiger partial charge in [-0.25, -0.2) is 12.8 Å². The van der Waals surface area contributed by atoms with E-state index in [1.165, 1.54) is 49.2 Å². The number of fused-ring (bicyclic) bond motifs is 1. The third-order valence-corrected chi connectivity index (χ3v) is 8.18. The van der Waals surface area contributed by atoms with Crippen molar-refractivity contribution in [1.82, 2.24) is 10.2 Å². The summed E-state index contributed by atoms with van der Waals surface area (Å²) < 4.78 is 52.7. The van der Waals surface area contributed by atoms with Crippen LogP contribution in [0.1, 0.15) is 18.1 Å². The van der Waals surface area contributed by atoms with Gasteiger partial charge >= 0.3 is 0 Å². The number of anilines is 1. The first-order chi connectivity index (χ1) is 18.7. The van der Waals surface area contributed by atoms with Gasteiger partial charge in [-0.3, -0.25) is 13.9 Å². The van der Waals surface area contributed by atoms with Crippen molar-refractivity contribution in [3.05, 3.63) is 89.7 Å². The molecule has 0 fully saturated rings. The number of benzene rings is 3. The summed E-state index contributed by atoms with van der Waals surface area (Å²) in [5.74, 6) is -1.13. The van der Waals surface area contributed by atoms with Crippen LogP contribution < -0.4 is 19.1 Å². The highest BCUT2D eigenvalue weighted by atomic mass is 32.2. The lowest BCUT2D eigenvalue weighted by Gasteiger charge is -2.33. The van der Waals surface area contributed by atoms with E-state index >= 15 is 0 Å². The van der Waals surface area contributed by atoms with Crippen molar-refractivity contribution in [1.29, 1.82) is 0 Å². The molecule has 9 nitrogen and oxygen atoms in total. The Hall–Kier alpha value is -4.12. The molecule has 206 valence electrons. The molecule has 0 aromatic heterocycles. The maximum Gasteiger partial charge on any atom is 0.244 e. The second kappa shape index (κ2) is 12.2. The maximum absolute atomic E-state index is 14.7. The van der Waals surface area contributed by atoms with Crippen molar-refractivity contribution in [3.8, 4) is 11.5 Å². The molecule has 39 heavy (non-hydrogen) atoms. The molecule has 0 unspecified atom stereocenters. The predicted octanol–water partition coefficient (Wildman–Crippen LogP) is 3.10. The van der Waals surface area contributed by atoms with E-state index in [-0.39, 0.29) is 36.8 Å². The number of rotatable bonds is 11. The van der Waals surface area contributed by atoms with Crippen LogP contribution in [0.5, 0.6) is 11.5 Å². The number of amides is 2. The summed E-state index contributed by atoms with van der Waals surface area (Å²) in [6.45, 7) is 0.631. The minimum atomic E-state index is -3.94. The van der Waals surface area contributed by atoms with Crippen molar-refractivity contribution in [2.45, 2.75) is 25.9 Å². The van der Waals surface area contributed by atoms with Crippen molar-refractivity contribution in [2.24, 2.45) is 0 Å². The second-order valence-corrected chi connectivity index (χ2v) is 11.1. The largest absolute Gasteiger partial charge is 0.454 e. The number of carbonyl (C=O) groups is 2. The van der Waals surface area contributed by atoms with Crippen molar-refractivity contribution < 1.29 is 31.9 Å². The number of sulfonamides is 1. The van der Waals surface area contributed by atoms with Gasteiger partial charge in [0.1, 0.15) is 18.4 Å². The first-order valence-corrected chi connectivity index (χ1v) is 14.0. The number of hydrogen-bond acceptors (Lipinski definition) is 6. The summed E-state index contributed by atoms with van der Waals surface area (Å²) in [7, 11) is -2.48. The molecule has 0 radical (unpaired) electrons. The lowest BCUT2D eigenvalue weighted by Crippen LogP contribution is -2.53. The molecular formula is C28H30FN3O6S. The monoisotopic (exact) mass is 555 g/mol. The maximum atomic E-state index is 14.7. The first-order valence-electron chi connectivity index (χ1n) is 12.4. The van der Waals surface area contributed by atoms with Crippen LogP contribution in [-0.4, -0.2) is 57.3 Å². The molecule has 11 heteroatoms. The van der Waals surface area contributed by atoms with Gasteiger partial charge in [0.05, 0.1) is 11.4 Å². The second-order valence-electron chi connectivity index (χ2n) is 8.88. The Balaban J connectivity index is 1.73. The predicted molar refractivity (Wildman–Crippen MR) is 144 cm³/mol. The standard InChI is InChI=1S/C28H30FN3O6S/c1-3-39(35,36)32(22-13-14-25-26(16-22)38-19-37-25)18-27(33)31(17-21-11-7-8-12-23(21)29)24(28(34)30-2)15-20-9-5-4-6-10-20/h4-14,16,24H,3,15,17-19H2,1-2H3,(H,30,34)/t24-/m0/s1. The normalized spacial score (nSPS) is 13.0. The molecule has 3 aromatic carbocycles. The molecule has 1 atom stereocenters. The highest BCUT2D eigenvalue weighted by molar-refractivity contribution is 7.92. The van der Waals surface area contributed by atoms with Crippen LogP contribution in [0.25, 0.3) is 0 Å². The van der Waals surface area contributed by atoms with Crippen LogP contribution in [-0.2, 0) is 32.6 Å². The quantitative estimate of drug-likeness (QED) is 0.390. The summed E-state index contributed by atoms with van der Waals surface area (Å²) in [5, 5.41) is 2.59. The van der Waals surface area contributed by atoms with Gasteiger partial charge in [0.25, 0.3) is 0 Å². The van der Waals surface area contributed by atoms with E-state index in [0.717, 1.165) is 9.87 Å². The Morgan fingerprint density at radius 1 is 1.00 bits per heavy atom. The topological polar surface area (TPSA) is 105 Å². The Morgan fingerprint density at radius 3 is 2.38 bits per heavy atom. The Kier molecular flexibility index (Phi) is 8.70. The Labute approximate surface area is 227 Å². The van der Waals surface area contributed by atoms with Crippen LogP contribution in [0.2, 0.25) is 0 Å². The fourth-order valence-electron chi connectivity index (χ4n) is 4.29. The number of hydrogen-bond donors (Lipinski definition) is 1. The number of nitrogens with zero attached hydrogens (tertiary/aromatic N) is 2. The van der Waals surface area contributed by atoms with Crippen LogP contribution in [0, 0.1) is 5.82 Å².